The quantitative estimate of drug-likeness (QED) is 0.117. The Morgan fingerprint density at radius 3 is 1.62 bits per heavy atom. The summed E-state index contributed by atoms with van der Waals surface area (Å²) in [5.74, 6) is 0.364. The standard InChI is InChI=1S/C9H16O2S3.C4H7BrO2.C4H10S.CS2/c1-4-5-6-13-8(12)14-9(2,3)7(10)11;1-4(2,5)3(6)7;1-2-3-4-5;2-1-3/h4-6H2,1-3H3,(H,10,11);1-2H3,(H,6,7);5H,2-4H2,1H3;. The molecule has 0 aliphatic carbocycles. The Bertz CT molecular complexity index is 485. The van der Waals surface area contributed by atoms with E-state index in [9.17, 15) is 9.59 Å². The third-order valence-corrected chi connectivity index (χ3v) is 6.03. The molecule has 0 heterocycles. The summed E-state index contributed by atoms with van der Waals surface area (Å²) < 4.78 is 1.06. The van der Waals surface area contributed by atoms with Gasteiger partial charge in [0, 0.05) is 4.31 Å². The molecule has 2 N–H and O–H groups in total. The van der Waals surface area contributed by atoms with Gasteiger partial charge in [0.2, 0.25) is 0 Å². The number of hydrogen-bond acceptors (Lipinski definition) is 8. The fraction of sp³-hybridized carbons (Fsp3) is 0.778. The highest BCUT2D eigenvalue weighted by atomic mass is 79.9. The molecule has 0 atom stereocenters. The lowest BCUT2D eigenvalue weighted by Crippen LogP contribution is -2.28. The topological polar surface area (TPSA) is 74.6 Å². The smallest absolute Gasteiger partial charge is 0.319 e. The number of halogens is 1. The molecular formula is C18H33BrO4S6. The highest BCUT2D eigenvalue weighted by molar-refractivity contribution is 9.10. The summed E-state index contributed by atoms with van der Waals surface area (Å²) in [7, 11) is 0. The van der Waals surface area contributed by atoms with Crippen LogP contribution in [0.2, 0.25) is 0 Å². The number of carbonyl (C=O) groups is 2. The first-order valence-electron chi connectivity index (χ1n) is 8.79. The number of carboxylic acid groups (broad SMARTS) is 2. The number of thioether (sulfide) groups is 2. The van der Waals surface area contributed by atoms with Crippen molar-refractivity contribution in [3.63, 3.8) is 0 Å². The van der Waals surface area contributed by atoms with E-state index in [1.165, 1.54) is 24.6 Å². The van der Waals surface area contributed by atoms with Crippen molar-refractivity contribution in [2.45, 2.75) is 76.3 Å². The molecule has 0 radical (unpaired) electrons. The van der Waals surface area contributed by atoms with Gasteiger partial charge in [-0.2, -0.15) is 12.6 Å². The first kappa shape index (κ1) is 37.1. The second-order valence-electron chi connectivity index (χ2n) is 6.31. The molecule has 0 rings (SSSR count). The van der Waals surface area contributed by atoms with Gasteiger partial charge in [-0.3, -0.25) is 9.59 Å². The molecule has 0 spiro atoms. The average molecular weight is 586 g/mol. The van der Waals surface area contributed by atoms with Crippen LogP contribution in [0.5, 0.6) is 0 Å². The van der Waals surface area contributed by atoms with Crippen LogP contribution in [-0.4, -0.2) is 50.6 Å². The van der Waals surface area contributed by atoms with Crippen molar-refractivity contribution in [1.29, 1.82) is 0 Å². The fourth-order valence-corrected chi connectivity index (χ4v) is 4.14. The number of thiocarbonyl (C=S) groups is 3. The van der Waals surface area contributed by atoms with E-state index in [0.717, 1.165) is 27.9 Å². The Kier molecular flexibility index (Phi) is 30.0. The van der Waals surface area contributed by atoms with Gasteiger partial charge in [0.05, 0.1) is 0 Å². The second kappa shape index (κ2) is 23.4. The van der Waals surface area contributed by atoms with Crippen molar-refractivity contribution >= 4 is 109 Å². The lowest BCUT2D eigenvalue weighted by atomic mass is 10.2. The van der Waals surface area contributed by atoms with E-state index in [0.29, 0.717) is 0 Å². The summed E-state index contributed by atoms with van der Waals surface area (Å²) in [6.07, 6.45) is 4.79. The lowest BCUT2D eigenvalue weighted by Gasteiger charge is -2.18. The maximum Gasteiger partial charge on any atom is 0.319 e. The Morgan fingerprint density at radius 1 is 1.03 bits per heavy atom. The maximum absolute atomic E-state index is 10.8. The Hall–Kier alpha value is 0.780. The fourth-order valence-electron chi connectivity index (χ4n) is 0.739. The monoisotopic (exact) mass is 584 g/mol. The van der Waals surface area contributed by atoms with Crippen LogP contribution < -0.4 is 0 Å². The molecule has 0 amide bonds. The molecule has 0 saturated heterocycles. The van der Waals surface area contributed by atoms with E-state index in [1.807, 2.05) is 4.31 Å². The molecule has 0 bridgehead atoms. The molecule has 29 heavy (non-hydrogen) atoms. The minimum absolute atomic E-state index is 0.728. The Labute approximate surface area is 214 Å². The van der Waals surface area contributed by atoms with Crippen LogP contribution in [0.1, 0.15) is 67.2 Å². The van der Waals surface area contributed by atoms with Gasteiger partial charge in [0.15, 0.2) is 0 Å². The summed E-state index contributed by atoms with van der Waals surface area (Å²) in [6, 6.07) is 0. The van der Waals surface area contributed by atoms with Crippen molar-refractivity contribution in [2.75, 3.05) is 11.5 Å². The van der Waals surface area contributed by atoms with Crippen LogP contribution in [0.15, 0.2) is 0 Å². The van der Waals surface area contributed by atoms with Crippen molar-refractivity contribution in [3.8, 4) is 0 Å². The van der Waals surface area contributed by atoms with Crippen LogP contribution in [0.25, 0.3) is 0 Å². The van der Waals surface area contributed by atoms with E-state index in [1.54, 1.807) is 39.5 Å². The summed E-state index contributed by atoms with van der Waals surface area (Å²) in [6.45, 7) is 10.8. The van der Waals surface area contributed by atoms with E-state index in [4.69, 9.17) is 22.4 Å². The van der Waals surface area contributed by atoms with Crippen molar-refractivity contribution in [2.24, 2.45) is 0 Å². The molecule has 0 aliphatic heterocycles. The number of alkyl halides is 1. The molecule has 0 aromatic rings. The van der Waals surface area contributed by atoms with Crippen molar-refractivity contribution < 1.29 is 19.8 Å². The summed E-state index contributed by atoms with van der Waals surface area (Å²) in [5, 5.41) is 17.1. The zero-order chi connectivity index (χ0) is 24.1. The van der Waals surface area contributed by atoms with Gasteiger partial charge in [0.25, 0.3) is 0 Å². The molecule has 11 heteroatoms. The van der Waals surface area contributed by atoms with Crippen LogP contribution in [0.3, 0.4) is 0 Å². The molecule has 0 unspecified atom stereocenters. The van der Waals surface area contributed by atoms with E-state index >= 15 is 0 Å². The highest BCUT2D eigenvalue weighted by Gasteiger charge is 2.29. The maximum atomic E-state index is 10.8. The van der Waals surface area contributed by atoms with Crippen LogP contribution in [-0.2, 0) is 9.59 Å². The van der Waals surface area contributed by atoms with Crippen LogP contribution in [0.4, 0.5) is 0 Å². The van der Waals surface area contributed by atoms with Gasteiger partial charge in [-0.1, -0.05) is 66.6 Å². The summed E-state index contributed by atoms with van der Waals surface area (Å²) in [4.78, 5) is 20.8. The van der Waals surface area contributed by atoms with Gasteiger partial charge < -0.3 is 10.2 Å². The van der Waals surface area contributed by atoms with E-state index < -0.39 is 21.0 Å². The zero-order valence-corrected chi connectivity index (χ0v) is 24.4. The van der Waals surface area contributed by atoms with Gasteiger partial charge in [0.1, 0.15) is 12.6 Å². The first-order valence-corrected chi connectivity index (χ1v) is 13.2. The molecule has 0 saturated carbocycles. The normalized spacial score (nSPS) is 9.93. The van der Waals surface area contributed by atoms with E-state index in [-0.39, 0.29) is 0 Å². The van der Waals surface area contributed by atoms with Gasteiger partial charge >= 0.3 is 11.9 Å². The number of hydrogen-bond donors (Lipinski definition) is 3. The zero-order valence-electron chi connectivity index (χ0n) is 17.8. The third kappa shape index (κ3) is 33.6. The minimum atomic E-state index is -0.840. The van der Waals surface area contributed by atoms with Gasteiger partial charge in [-0.05, 0) is 76.5 Å². The number of thiol groups is 1. The minimum Gasteiger partial charge on any atom is -0.480 e. The number of aliphatic carboxylic acids is 2. The number of rotatable bonds is 8. The first-order chi connectivity index (χ1) is 13.2. The molecule has 0 aromatic carbocycles. The number of unbranched alkanes of at least 4 members (excludes halogenated alkanes) is 2. The predicted octanol–water partition coefficient (Wildman–Crippen LogP) is 7.38. The second-order valence-corrected chi connectivity index (χ2v) is 13.3. The van der Waals surface area contributed by atoms with Crippen LogP contribution >= 0.6 is 88.7 Å². The molecule has 0 fully saturated rings. The number of carboxylic acids is 2. The van der Waals surface area contributed by atoms with Crippen LogP contribution in [0, 0.1) is 0 Å². The SMILES string of the molecule is CC(C)(Br)C(=O)O.CCCCS.CCCCSC(=S)SC(C)(C)C(=O)O.S=C=S. The molecule has 4 nitrogen and oxygen atoms in total. The van der Waals surface area contributed by atoms with Gasteiger partial charge in [-0.15, -0.1) is 11.8 Å². The predicted molar refractivity (Wildman–Crippen MR) is 149 cm³/mol. The molecular weight excluding hydrogens is 553 g/mol. The summed E-state index contributed by atoms with van der Waals surface area (Å²) >= 11 is 22.8. The molecule has 0 aliphatic rings. The van der Waals surface area contributed by atoms with Gasteiger partial charge in [-0.25, -0.2) is 0 Å². The molecule has 172 valence electrons. The Balaban J connectivity index is -0.000000173. The van der Waals surface area contributed by atoms with Crippen molar-refractivity contribution in [1.82, 2.24) is 0 Å². The average Bonchev–Trinajstić information content (AvgIpc) is 2.56. The molecule has 0 aromatic heterocycles. The lowest BCUT2D eigenvalue weighted by molar-refractivity contribution is -0.139. The summed E-state index contributed by atoms with van der Waals surface area (Å²) in [5.41, 5.74) is 0. The largest absolute Gasteiger partial charge is 0.480 e. The highest BCUT2D eigenvalue weighted by Crippen LogP contribution is 2.31. The van der Waals surface area contributed by atoms with Crippen molar-refractivity contribution in [3.05, 3.63) is 0 Å². The van der Waals surface area contributed by atoms with E-state index in [2.05, 4.69) is 66.8 Å². The Morgan fingerprint density at radius 2 is 1.41 bits per heavy atom. The third-order valence-electron chi connectivity index (χ3n) is 2.59.